The first-order valence-electron chi connectivity index (χ1n) is 21.5. The van der Waals surface area contributed by atoms with Crippen molar-refractivity contribution in [2.24, 2.45) is 29.0 Å². The molecule has 0 spiro atoms. The van der Waals surface area contributed by atoms with E-state index < -0.39 is 6.04 Å². The van der Waals surface area contributed by atoms with Gasteiger partial charge in [-0.15, -0.1) is 0 Å². The predicted octanol–water partition coefficient (Wildman–Crippen LogP) is -1.87. The van der Waals surface area contributed by atoms with Gasteiger partial charge in [0.25, 0.3) is 0 Å². The number of carbonyl (C=O) groups excluding carboxylic acids is 7. The van der Waals surface area contributed by atoms with E-state index in [9.17, 15) is 33.6 Å². The molecule has 11 N–H and O–H groups in total. The molecule has 0 aromatic carbocycles. The molecule has 0 aliphatic heterocycles. The first-order valence-corrected chi connectivity index (χ1v) is 21.5. The summed E-state index contributed by atoms with van der Waals surface area (Å²) in [7, 11) is 0. The van der Waals surface area contributed by atoms with Gasteiger partial charge < -0.3 is 75.9 Å². The maximum absolute atomic E-state index is 12.7. The summed E-state index contributed by atoms with van der Waals surface area (Å²) in [5, 5.41) is 13.7. The molecule has 0 aliphatic carbocycles. The molecule has 0 radical (unpaired) electrons. The summed E-state index contributed by atoms with van der Waals surface area (Å²) < 4.78 is 21.3. The predicted molar refractivity (Wildman–Crippen MR) is 240 cm³/mol. The van der Waals surface area contributed by atoms with Crippen molar-refractivity contribution in [3.63, 3.8) is 0 Å². The number of unbranched alkanes of at least 4 members (excludes halogenated alkanes) is 3. The zero-order chi connectivity index (χ0) is 46.5. The first-order chi connectivity index (χ1) is 29.3. The average molecular weight is 926 g/mol. The molecule has 3 atom stereocenters. The Morgan fingerprint density at radius 1 is 0.571 bits per heavy atom. The molecular formula is C43H82KN8O11-. The number of nitrogens with two attached hydrogens (primary N) is 3. The Morgan fingerprint density at radius 3 is 1.43 bits per heavy atom. The van der Waals surface area contributed by atoms with Crippen molar-refractivity contribution in [2.45, 2.75) is 111 Å². The molecule has 0 heterocycles. The van der Waals surface area contributed by atoms with Gasteiger partial charge >= 0.3 is 51.4 Å². The van der Waals surface area contributed by atoms with Crippen LogP contribution in [0.5, 0.6) is 0 Å². The van der Waals surface area contributed by atoms with Crippen molar-refractivity contribution in [1.82, 2.24) is 26.6 Å². The second-order valence-electron chi connectivity index (χ2n) is 13.7. The SMILES string of the molecule is CC.C[C@@H](CCCCNC(=O)COCCOCCNC(=O)COCCOCCNC(=O)CCCC(=O)N[C@@H](CCCCN)C(=O)NCCCC[C@H](C)C(N)=O)C(N)=O.[CH-]=C=C.[CH3-].[K+]. The van der Waals surface area contributed by atoms with E-state index >= 15 is 0 Å². The van der Waals surface area contributed by atoms with E-state index in [2.05, 4.69) is 39.7 Å². The van der Waals surface area contributed by atoms with Crippen LogP contribution in [0.1, 0.15) is 105 Å². The molecule has 20 heteroatoms. The van der Waals surface area contributed by atoms with Crippen molar-refractivity contribution >= 4 is 41.4 Å². The number of hydrogen-bond donors (Lipinski definition) is 8. The van der Waals surface area contributed by atoms with Gasteiger partial charge in [-0.2, -0.15) is 0 Å². The van der Waals surface area contributed by atoms with Crippen molar-refractivity contribution in [3.8, 4) is 0 Å². The van der Waals surface area contributed by atoms with E-state index in [-0.39, 0.29) is 191 Å². The van der Waals surface area contributed by atoms with E-state index in [0.29, 0.717) is 58.2 Å². The number of hydrogen-bond acceptors (Lipinski definition) is 12. The van der Waals surface area contributed by atoms with Crippen LogP contribution in [-0.4, -0.2) is 133 Å². The van der Waals surface area contributed by atoms with Crippen molar-refractivity contribution in [3.05, 3.63) is 26.3 Å². The topological polar surface area (TPSA) is 295 Å². The fourth-order valence-corrected chi connectivity index (χ4v) is 4.92. The molecule has 19 nitrogen and oxygen atoms in total. The summed E-state index contributed by atoms with van der Waals surface area (Å²) in [6.45, 7) is 18.2. The summed E-state index contributed by atoms with van der Waals surface area (Å²) in [6.07, 6.45) is 6.72. The van der Waals surface area contributed by atoms with Crippen LogP contribution in [0, 0.1) is 25.8 Å². The van der Waals surface area contributed by atoms with Gasteiger partial charge in [0, 0.05) is 50.9 Å². The molecule has 63 heavy (non-hydrogen) atoms. The minimum absolute atomic E-state index is 0. The van der Waals surface area contributed by atoms with Crippen LogP contribution >= 0.6 is 0 Å². The first kappa shape index (κ1) is 69.3. The molecule has 0 aliphatic rings. The van der Waals surface area contributed by atoms with Crippen LogP contribution in [0.15, 0.2) is 12.3 Å². The Hall–Kier alpha value is -2.75. The molecule has 7 amide bonds. The Kier molecular flexibility index (Phi) is 57.1. The van der Waals surface area contributed by atoms with E-state index in [4.69, 9.17) is 36.1 Å². The van der Waals surface area contributed by atoms with Crippen LogP contribution in [0.25, 0.3) is 0 Å². The summed E-state index contributed by atoms with van der Waals surface area (Å²) in [5.41, 5.74) is 18.1. The number of carbonyl (C=O) groups is 7. The smallest absolute Gasteiger partial charge is 0.377 e. The molecule has 0 aromatic rings. The van der Waals surface area contributed by atoms with Crippen LogP contribution in [0.4, 0.5) is 0 Å². The molecule has 0 bridgehead atoms. The minimum Gasteiger partial charge on any atom is -0.377 e. The van der Waals surface area contributed by atoms with E-state index in [1.807, 2.05) is 19.6 Å². The maximum Gasteiger partial charge on any atom is 1.00 e. The molecule has 0 aromatic heterocycles. The van der Waals surface area contributed by atoms with Gasteiger partial charge in [0.2, 0.25) is 41.4 Å². The molecule has 0 saturated carbocycles. The summed E-state index contributed by atoms with van der Waals surface area (Å²) >= 11 is 0. The molecular weight excluding hydrogens is 844 g/mol. The molecule has 0 fully saturated rings. The third kappa shape index (κ3) is 50.1. The molecule has 362 valence electrons. The van der Waals surface area contributed by atoms with Gasteiger partial charge in [0.1, 0.15) is 19.3 Å². The normalized spacial score (nSPS) is 11.4. The summed E-state index contributed by atoms with van der Waals surface area (Å²) in [4.78, 5) is 83.2. The van der Waals surface area contributed by atoms with Gasteiger partial charge in [-0.3, -0.25) is 33.6 Å². The van der Waals surface area contributed by atoms with E-state index in [1.54, 1.807) is 13.8 Å². The van der Waals surface area contributed by atoms with Crippen molar-refractivity contribution < 1.29 is 104 Å². The van der Waals surface area contributed by atoms with Crippen LogP contribution in [-0.2, 0) is 52.5 Å². The second kappa shape index (κ2) is 51.9. The fraction of sp³-hybridized carbons (Fsp3) is 0.744. The van der Waals surface area contributed by atoms with Crippen molar-refractivity contribution in [2.75, 3.05) is 85.6 Å². The van der Waals surface area contributed by atoms with Gasteiger partial charge in [-0.05, 0) is 57.9 Å². The van der Waals surface area contributed by atoms with Gasteiger partial charge in [-0.25, -0.2) is 13.2 Å². The van der Waals surface area contributed by atoms with Gasteiger partial charge in [0.15, 0.2) is 0 Å². The van der Waals surface area contributed by atoms with Crippen LogP contribution < -0.4 is 95.2 Å². The maximum atomic E-state index is 12.7. The van der Waals surface area contributed by atoms with E-state index in [0.717, 1.165) is 25.7 Å². The Labute approximate surface area is 420 Å². The van der Waals surface area contributed by atoms with E-state index in [1.165, 1.54) is 0 Å². The zero-order valence-corrected chi connectivity index (χ0v) is 42.5. The van der Waals surface area contributed by atoms with Crippen molar-refractivity contribution in [1.29, 1.82) is 0 Å². The van der Waals surface area contributed by atoms with Crippen LogP contribution in [0.3, 0.4) is 0 Å². The number of rotatable bonds is 38. The fourth-order valence-electron chi connectivity index (χ4n) is 4.92. The number of ether oxygens (including phenoxy) is 4. The van der Waals surface area contributed by atoms with Crippen LogP contribution in [0.2, 0.25) is 0 Å². The Balaban J connectivity index is -0.00000153. The van der Waals surface area contributed by atoms with Gasteiger partial charge in [-0.1, -0.05) is 40.5 Å². The number of nitrogens with one attached hydrogen (secondary N) is 5. The Bertz CT molecular complexity index is 1230. The third-order valence-electron chi connectivity index (χ3n) is 8.47. The number of primary amides is 2. The second-order valence-corrected chi connectivity index (χ2v) is 13.7. The van der Waals surface area contributed by atoms with Gasteiger partial charge in [0.05, 0.1) is 39.6 Å². The average Bonchev–Trinajstić information content (AvgIpc) is 3.22. The largest absolute Gasteiger partial charge is 1.00 e. The summed E-state index contributed by atoms with van der Waals surface area (Å²) in [6, 6.07) is -0.692. The quantitative estimate of drug-likeness (QED) is 0.0146. The Morgan fingerprint density at radius 2 is 0.968 bits per heavy atom. The minimum atomic E-state index is -0.692. The molecule has 0 saturated heterocycles. The standard InChI is InChI=1S/C37H70N8O11.C3H3.C2H6.CH3.K/c1-28(35(39)50)10-4-7-16-41-33(48)26-55-24-23-54-21-19-43-34(49)27-56-25-22-53-20-18-42-31(46)13-9-14-32(47)45-30(12-3-6-15-38)37(52)44-17-8-5-11-29(2)36(40)51;1-3-2;1-2;;/h28-30H,3-27,38H2,1-2H3,(H2,39,50)(H2,40,51)(H,41,48)(H,42,46)(H,43,49)(H,44,52)(H,45,47);1H,2H2;1-2H3;1H3;/q;-1;;-1;+1/t28-,29-,30-;;;;/m0..../s1. The zero-order valence-electron chi connectivity index (χ0n) is 39.4. The monoisotopic (exact) mass is 926 g/mol. The molecule has 0 rings (SSSR count). The summed E-state index contributed by atoms with van der Waals surface area (Å²) in [5.74, 6) is -2.41. The third-order valence-corrected chi connectivity index (χ3v) is 8.47. The number of amides is 7. The molecule has 0 unspecified atom stereocenters.